The van der Waals surface area contributed by atoms with Gasteiger partial charge in [0.05, 0.1) is 6.17 Å². The number of rotatable bonds is 4. The summed E-state index contributed by atoms with van der Waals surface area (Å²) in [7, 11) is 0. The predicted molar refractivity (Wildman–Crippen MR) is 52.2 cm³/mol. The van der Waals surface area contributed by atoms with E-state index in [1.165, 1.54) is 32.2 Å². The summed E-state index contributed by atoms with van der Waals surface area (Å²) in [4.78, 5) is 2.50. The van der Waals surface area contributed by atoms with E-state index in [4.69, 9.17) is 0 Å². The van der Waals surface area contributed by atoms with E-state index < -0.39 is 0 Å². The molecule has 0 N–H and O–H groups in total. The highest BCUT2D eigenvalue weighted by atomic mass is 15.3. The molecule has 2 nitrogen and oxygen atoms in total. The molecular weight excluding hydrogens is 148 g/mol. The Balaban J connectivity index is 2.29. The lowest BCUT2D eigenvalue weighted by Gasteiger charge is -2.32. The number of piperidine rings is 1. The maximum Gasteiger partial charge on any atom is 0.0760 e. The molecule has 0 aromatic heterocycles. The van der Waals surface area contributed by atoms with Gasteiger partial charge in [-0.2, -0.15) is 0 Å². The van der Waals surface area contributed by atoms with E-state index in [0.717, 1.165) is 13.1 Å². The average molecular weight is 169 g/mol. The summed E-state index contributed by atoms with van der Waals surface area (Å²) in [6, 6.07) is 0. The Hall–Kier alpha value is -0.0800. The maximum atomic E-state index is 4.65. The van der Waals surface area contributed by atoms with Crippen molar-refractivity contribution in [1.29, 1.82) is 0 Å². The summed E-state index contributed by atoms with van der Waals surface area (Å²) in [5.74, 6) is 0. The zero-order valence-electron chi connectivity index (χ0n) is 8.42. The van der Waals surface area contributed by atoms with E-state index in [1.807, 2.05) is 0 Å². The molecular formula is C10H21N2. The second kappa shape index (κ2) is 5.55. The summed E-state index contributed by atoms with van der Waals surface area (Å²) in [5.41, 5.74) is 0. The first-order valence-corrected chi connectivity index (χ1v) is 5.29. The Morgan fingerprint density at radius 2 is 2.17 bits per heavy atom. The van der Waals surface area contributed by atoms with Gasteiger partial charge in [0.25, 0.3) is 0 Å². The summed E-state index contributed by atoms with van der Waals surface area (Å²) in [6.45, 7) is 7.93. The van der Waals surface area contributed by atoms with Gasteiger partial charge in [-0.3, -0.25) is 4.90 Å². The Kier molecular flexibility index (Phi) is 4.62. The zero-order chi connectivity index (χ0) is 8.81. The van der Waals surface area contributed by atoms with Crippen molar-refractivity contribution in [3.05, 3.63) is 0 Å². The molecule has 1 atom stereocenters. The number of hydrogen-bond donors (Lipinski definition) is 0. The van der Waals surface area contributed by atoms with Gasteiger partial charge < -0.3 is 0 Å². The van der Waals surface area contributed by atoms with E-state index in [2.05, 4.69) is 24.1 Å². The molecule has 0 aromatic carbocycles. The second-order valence-corrected chi connectivity index (χ2v) is 3.51. The summed E-state index contributed by atoms with van der Waals surface area (Å²) >= 11 is 0. The van der Waals surface area contributed by atoms with Gasteiger partial charge in [0.1, 0.15) is 0 Å². The van der Waals surface area contributed by atoms with Gasteiger partial charge >= 0.3 is 0 Å². The molecule has 1 fully saturated rings. The van der Waals surface area contributed by atoms with Crippen molar-refractivity contribution in [2.24, 2.45) is 0 Å². The topological polar surface area (TPSA) is 17.3 Å². The van der Waals surface area contributed by atoms with E-state index in [9.17, 15) is 0 Å². The van der Waals surface area contributed by atoms with Gasteiger partial charge in [-0.1, -0.05) is 13.8 Å². The van der Waals surface area contributed by atoms with Gasteiger partial charge in [0.2, 0.25) is 0 Å². The minimum Gasteiger partial charge on any atom is -0.287 e. The minimum atomic E-state index is 0.545. The lowest BCUT2D eigenvalue weighted by molar-refractivity contribution is 0.141. The van der Waals surface area contributed by atoms with Crippen LogP contribution in [-0.2, 0) is 0 Å². The van der Waals surface area contributed by atoms with Gasteiger partial charge in [-0.15, -0.1) is 0 Å². The van der Waals surface area contributed by atoms with E-state index in [0.29, 0.717) is 6.17 Å². The third-order valence-electron chi connectivity index (χ3n) is 2.55. The Labute approximate surface area is 76.3 Å². The molecule has 1 rings (SSSR count). The molecule has 0 aromatic rings. The second-order valence-electron chi connectivity index (χ2n) is 3.51. The largest absolute Gasteiger partial charge is 0.287 e. The van der Waals surface area contributed by atoms with E-state index in [1.54, 1.807) is 0 Å². The van der Waals surface area contributed by atoms with Crippen molar-refractivity contribution in [3.8, 4) is 0 Å². The molecule has 12 heavy (non-hydrogen) atoms. The molecule has 1 unspecified atom stereocenters. The van der Waals surface area contributed by atoms with Gasteiger partial charge in [-0.25, -0.2) is 5.32 Å². The van der Waals surface area contributed by atoms with Crippen molar-refractivity contribution < 1.29 is 0 Å². The molecule has 0 bridgehead atoms. The summed E-state index contributed by atoms with van der Waals surface area (Å²) < 4.78 is 0. The molecule has 2 heteroatoms. The fourth-order valence-electron chi connectivity index (χ4n) is 1.87. The Morgan fingerprint density at radius 3 is 2.67 bits per heavy atom. The maximum absolute atomic E-state index is 4.65. The Bertz CT molecular complexity index is 106. The summed E-state index contributed by atoms with van der Waals surface area (Å²) in [6.07, 6.45) is 5.76. The predicted octanol–water partition coefficient (Wildman–Crippen LogP) is 1.83. The fraction of sp³-hybridized carbons (Fsp3) is 1.00. The molecule has 71 valence electrons. The minimum absolute atomic E-state index is 0.545. The molecule has 0 aliphatic carbocycles. The highest BCUT2D eigenvalue weighted by Gasteiger charge is 2.18. The fourth-order valence-corrected chi connectivity index (χ4v) is 1.87. The van der Waals surface area contributed by atoms with Crippen molar-refractivity contribution in [2.45, 2.75) is 45.7 Å². The van der Waals surface area contributed by atoms with Crippen LogP contribution >= 0.6 is 0 Å². The average Bonchev–Trinajstić information content (AvgIpc) is 2.15. The lowest BCUT2D eigenvalue weighted by Crippen LogP contribution is -2.44. The first-order valence-electron chi connectivity index (χ1n) is 5.29. The first-order chi connectivity index (χ1) is 5.88. The van der Waals surface area contributed by atoms with Gasteiger partial charge in [0, 0.05) is 6.54 Å². The third-order valence-corrected chi connectivity index (χ3v) is 2.55. The molecule has 0 saturated carbocycles. The SMILES string of the molecule is CCCN(CC)C1CCCC[N]1. The Morgan fingerprint density at radius 1 is 1.33 bits per heavy atom. The van der Waals surface area contributed by atoms with E-state index >= 15 is 0 Å². The third kappa shape index (κ3) is 2.76. The normalized spacial score (nSPS) is 24.8. The zero-order valence-corrected chi connectivity index (χ0v) is 8.42. The number of nitrogens with zero attached hydrogens (tertiary/aromatic N) is 2. The van der Waals surface area contributed by atoms with Crippen molar-refractivity contribution in [3.63, 3.8) is 0 Å². The molecule has 1 aliphatic heterocycles. The molecule has 1 heterocycles. The van der Waals surface area contributed by atoms with Crippen LogP contribution in [-0.4, -0.2) is 30.7 Å². The molecule has 0 amide bonds. The van der Waals surface area contributed by atoms with Crippen LogP contribution in [0.5, 0.6) is 0 Å². The highest BCUT2D eigenvalue weighted by molar-refractivity contribution is 4.72. The first kappa shape index (κ1) is 10.0. The van der Waals surface area contributed by atoms with Crippen LogP contribution in [0.4, 0.5) is 0 Å². The van der Waals surface area contributed by atoms with Crippen LogP contribution < -0.4 is 5.32 Å². The van der Waals surface area contributed by atoms with Crippen molar-refractivity contribution >= 4 is 0 Å². The van der Waals surface area contributed by atoms with Crippen molar-refractivity contribution in [2.75, 3.05) is 19.6 Å². The van der Waals surface area contributed by atoms with Gasteiger partial charge in [-0.05, 0) is 38.8 Å². The van der Waals surface area contributed by atoms with Crippen LogP contribution in [0.2, 0.25) is 0 Å². The monoisotopic (exact) mass is 169 g/mol. The molecule has 1 aliphatic rings. The van der Waals surface area contributed by atoms with Gasteiger partial charge in [0.15, 0.2) is 0 Å². The number of hydrogen-bond acceptors (Lipinski definition) is 1. The van der Waals surface area contributed by atoms with Crippen LogP contribution in [0.25, 0.3) is 0 Å². The molecule has 1 radical (unpaired) electrons. The standard InChI is InChI=1S/C10H21N2/c1-3-9-12(4-2)10-7-5-6-8-11-10/h10H,3-9H2,1-2H3. The van der Waals surface area contributed by atoms with E-state index in [-0.39, 0.29) is 0 Å². The van der Waals surface area contributed by atoms with Crippen LogP contribution in [0.1, 0.15) is 39.5 Å². The highest BCUT2D eigenvalue weighted by Crippen LogP contribution is 2.12. The molecule has 1 saturated heterocycles. The smallest absolute Gasteiger partial charge is 0.0760 e. The van der Waals surface area contributed by atoms with Crippen molar-refractivity contribution in [1.82, 2.24) is 10.2 Å². The summed E-state index contributed by atoms with van der Waals surface area (Å²) in [5, 5.41) is 4.65. The quantitative estimate of drug-likeness (QED) is 0.627. The molecule has 0 spiro atoms. The van der Waals surface area contributed by atoms with Crippen LogP contribution in [0, 0.1) is 0 Å². The lowest BCUT2D eigenvalue weighted by atomic mass is 10.1. The van der Waals surface area contributed by atoms with Crippen LogP contribution in [0.3, 0.4) is 0 Å². The van der Waals surface area contributed by atoms with Crippen LogP contribution in [0.15, 0.2) is 0 Å².